The second-order valence-electron chi connectivity index (χ2n) is 5.40. The van der Waals surface area contributed by atoms with E-state index in [0.29, 0.717) is 23.7 Å². The molecule has 0 radical (unpaired) electrons. The van der Waals surface area contributed by atoms with Crippen molar-refractivity contribution in [2.24, 2.45) is 11.8 Å². The fraction of sp³-hybridized carbons (Fsp3) is 0.714. The monoisotopic (exact) mass is 265 g/mol. The lowest BCUT2D eigenvalue weighted by Crippen LogP contribution is -2.21. The number of aliphatic hydroxyl groups excluding tert-OH is 1. The lowest BCUT2D eigenvalue weighted by atomic mass is 9.97. The van der Waals surface area contributed by atoms with Gasteiger partial charge in [0.2, 0.25) is 11.8 Å². The lowest BCUT2D eigenvalue weighted by Gasteiger charge is -2.18. The van der Waals surface area contributed by atoms with Crippen LogP contribution < -0.4 is 10.1 Å². The van der Waals surface area contributed by atoms with Gasteiger partial charge in [-0.3, -0.25) is 0 Å². The van der Waals surface area contributed by atoms with E-state index in [1.807, 2.05) is 13.8 Å². The molecule has 1 saturated carbocycles. The Labute approximate surface area is 114 Å². The van der Waals surface area contributed by atoms with E-state index in [2.05, 4.69) is 15.3 Å². The number of nitrogens with zero attached hydrogens (tertiary/aromatic N) is 2. The van der Waals surface area contributed by atoms with Crippen molar-refractivity contribution in [1.29, 1.82) is 0 Å². The highest BCUT2D eigenvalue weighted by molar-refractivity contribution is 5.27. The predicted octanol–water partition coefficient (Wildman–Crippen LogP) is 2.08. The highest BCUT2D eigenvalue weighted by Gasteiger charge is 2.26. The van der Waals surface area contributed by atoms with Crippen molar-refractivity contribution in [2.45, 2.75) is 39.2 Å². The van der Waals surface area contributed by atoms with Crippen LogP contribution in [-0.4, -0.2) is 34.3 Å². The van der Waals surface area contributed by atoms with Gasteiger partial charge in [-0.2, -0.15) is 4.98 Å². The summed E-state index contributed by atoms with van der Waals surface area (Å²) in [5.41, 5.74) is 0. The average Bonchev–Trinajstić information content (AvgIpc) is 2.83. The van der Waals surface area contributed by atoms with E-state index in [4.69, 9.17) is 4.74 Å². The highest BCUT2D eigenvalue weighted by Crippen LogP contribution is 2.31. The number of anilines is 1. The van der Waals surface area contributed by atoms with Crippen LogP contribution in [0.4, 0.5) is 5.95 Å². The van der Waals surface area contributed by atoms with E-state index in [1.54, 1.807) is 12.3 Å². The molecule has 0 aromatic carbocycles. The summed E-state index contributed by atoms with van der Waals surface area (Å²) in [7, 11) is 0. The SMILES string of the molecule is CC(C)Oc1ccnc(NCC2CCCC2CO)n1. The number of hydrogen-bond acceptors (Lipinski definition) is 5. The fourth-order valence-electron chi connectivity index (χ4n) is 2.58. The molecule has 1 aliphatic carbocycles. The minimum Gasteiger partial charge on any atom is -0.475 e. The Balaban J connectivity index is 1.88. The van der Waals surface area contributed by atoms with Gasteiger partial charge in [0.1, 0.15) is 0 Å². The normalized spacial score (nSPS) is 22.7. The molecule has 0 saturated heterocycles. The van der Waals surface area contributed by atoms with Crippen LogP contribution in [0, 0.1) is 11.8 Å². The third kappa shape index (κ3) is 4.06. The zero-order chi connectivity index (χ0) is 13.7. The van der Waals surface area contributed by atoms with Crippen molar-refractivity contribution in [3.63, 3.8) is 0 Å². The van der Waals surface area contributed by atoms with E-state index in [9.17, 15) is 5.11 Å². The van der Waals surface area contributed by atoms with Crippen LogP contribution in [0.15, 0.2) is 12.3 Å². The smallest absolute Gasteiger partial charge is 0.225 e. The molecule has 5 nitrogen and oxygen atoms in total. The summed E-state index contributed by atoms with van der Waals surface area (Å²) in [4.78, 5) is 8.51. The Morgan fingerprint density at radius 3 is 2.95 bits per heavy atom. The van der Waals surface area contributed by atoms with Crippen LogP contribution in [0.1, 0.15) is 33.1 Å². The molecular formula is C14H23N3O2. The van der Waals surface area contributed by atoms with Gasteiger partial charge < -0.3 is 15.2 Å². The molecule has 0 spiro atoms. The second-order valence-corrected chi connectivity index (χ2v) is 5.40. The minimum atomic E-state index is 0.108. The molecule has 0 aliphatic heterocycles. The van der Waals surface area contributed by atoms with Gasteiger partial charge in [0.15, 0.2) is 0 Å². The van der Waals surface area contributed by atoms with Crippen LogP contribution in [0.25, 0.3) is 0 Å². The summed E-state index contributed by atoms with van der Waals surface area (Å²) in [6.07, 6.45) is 5.30. The van der Waals surface area contributed by atoms with Crippen molar-refractivity contribution in [2.75, 3.05) is 18.5 Å². The average molecular weight is 265 g/mol. The Hall–Kier alpha value is -1.36. The molecule has 2 rings (SSSR count). The first-order chi connectivity index (χ1) is 9.19. The number of ether oxygens (including phenoxy) is 1. The second kappa shape index (κ2) is 6.70. The quantitative estimate of drug-likeness (QED) is 0.824. The van der Waals surface area contributed by atoms with Gasteiger partial charge in [0.05, 0.1) is 6.10 Å². The first-order valence-electron chi connectivity index (χ1n) is 7.03. The molecule has 106 valence electrons. The Kier molecular flexibility index (Phi) is 4.96. The number of rotatable bonds is 6. The van der Waals surface area contributed by atoms with Crippen molar-refractivity contribution in [1.82, 2.24) is 9.97 Å². The van der Waals surface area contributed by atoms with Gasteiger partial charge in [0, 0.05) is 25.4 Å². The van der Waals surface area contributed by atoms with E-state index < -0.39 is 0 Å². The van der Waals surface area contributed by atoms with E-state index in [-0.39, 0.29) is 12.7 Å². The Bertz CT molecular complexity index is 398. The first-order valence-corrected chi connectivity index (χ1v) is 7.03. The maximum absolute atomic E-state index is 9.30. The number of hydrogen-bond donors (Lipinski definition) is 2. The summed E-state index contributed by atoms with van der Waals surface area (Å²) in [5, 5.41) is 12.5. The third-order valence-electron chi connectivity index (χ3n) is 3.56. The molecule has 1 aromatic heterocycles. The van der Waals surface area contributed by atoms with Crippen LogP contribution >= 0.6 is 0 Å². The maximum Gasteiger partial charge on any atom is 0.225 e. The molecule has 0 amide bonds. The number of aliphatic hydroxyl groups is 1. The maximum atomic E-state index is 9.30. The fourth-order valence-corrected chi connectivity index (χ4v) is 2.58. The molecule has 1 aliphatic rings. The molecule has 1 fully saturated rings. The zero-order valence-electron chi connectivity index (χ0n) is 11.7. The van der Waals surface area contributed by atoms with E-state index in [0.717, 1.165) is 13.0 Å². The van der Waals surface area contributed by atoms with Crippen LogP contribution in [0.3, 0.4) is 0 Å². The predicted molar refractivity (Wildman–Crippen MR) is 74.2 cm³/mol. The highest BCUT2D eigenvalue weighted by atomic mass is 16.5. The Morgan fingerprint density at radius 2 is 2.21 bits per heavy atom. The summed E-state index contributed by atoms with van der Waals surface area (Å²) in [6.45, 7) is 5.04. The van der Waals surface area contributed by atoms with Gasteiger partial charge in [-0.25, -0.2) is 4.98 Å². The van der Waals surface area contributed by atoms with Crippen LogP contribution in [0.5, 0.6) is 5.88 Å². The molecule has 2 unspecified atom stereocenters. The first kappa shape index (κ1) is 14.1. The number of aromatic nitrogens is 2. The van der Waals surface area contributed by atoms with Crippen molar-refractivity contribution >= 4 is 5.95 Å². The zero-order valence-corrected chi connectivity index (χ0v) is 11.7. The molecule has 2 atom stereocenters. The summed E-state index contributed by atoms with van der Waals surface area (Å²) in [5.74, 6) is 2.13. The molecule has 1 aromatic rings. The summed E-state index contributed by atoms with van der Waals surface area (Å²) >= 11 is 0. The van der Waals surface area contributed by atoms with E-state index >= 15 is 0 Å². The van der Waals surface area contributed by atoms with Crippen molar-refractivity contribution in [3.8, 4) is 5.88 Å². The van der Waals surface area contributed by atoms with Gasteiger partial charge >= 0.3 is 0 Å². The molecule has 0 bridgehead atoms. The van der Waals surface area contributed by atoms with Gasteiger partial charge in [-0.15, -0.1) is 0 Å². The molecule has 1 heterocycles. The van der Waals surface area contributed by atoms with Gasteiger partial charge in [-0.05, 0) is 38.5 Å². The van der Waals surface area contributed by atoms with E-state index in [1.165, 1.54) is 12.8 Å². The molecule has 5 heteroatoms. The van der Waals surface area contributed by atoms with Crippen molar-refractivity contribution < 1.29 is 9.84 Å². The van der Waals surface area contributed by atoms with Crippen LogP contribution in [-0.2, 0) is 0 Å². The summed E-state index contributed by atoms with van der Waals surface area (Å²) in [6, 6.07) is 1.76. The minimum absolute atomic E-state index is 0.108. The van der Waals surface area contributed by atoms with Crippen molar-refractivity contribution in [3.05, 3.63) is 12.3 Å². The molecular weight excluding hydrogens is 242 g/mol. The van der Waals surface area contributed by atoms with Gasteiger partial charge in [0.25, 0.3) is 0 Å². The topological polar surface area (TPSA) is 67.3 Å². The molecule has 2 N–H and O–H groups in total. The standard InChI is InChI=1S/C14H23N3O2/c1-10(2)19-13-6-7-15-14(17-13)16-8-11-4-3-5-12(11)9-18/h6-7,10-12,18H,3-5,8-9H2,1-2H3,(H,15,16,17). The summed E-state index contributed by atoms with van der Waals surface area (Å²) < 4.78 is 5.54. The number of nitrogens with one attached hydrogen (secondary N) is 1. The Morgan fingerprint density at radius 1 is 1.42 bits per heavy atom. The molecule has 19 heavy (non-hydrogen) atoms. The van der Waals surface area contributed by atoms with Crippen LogP contribution in [0.2, 0.25) is 0 Å². The lowest BCUT2D eigenvalue weighted by molar-refractivity contribution is 0.198. The largest absolute Gasteiger partial charge is 0.475 e. The van der Waals surface area contributed by atoms with Gasteiger partial charge in [-0.1, -0.05) is 6.42 Å². The third-order valence-corrected chi connectivity index (χ3v) is 3.56.